The third kappa shape index (κ3) is 3.82. The normalized spacial score (nSPS) is 10.3. The molecule has 0 radical (unpaired) electrons. The molecule has 0 aliphatic carbocycles. The Morgan fingerprint density at radius 2 is 2.00 bits per heavy atom. The molecule has 2 aromatic carbocycles. The summed E-state index contributed by atoms with van der Waals surface area (Å²) < 4.78 is 13.5. The van der Waals surface area contributed by atoms with Crippen molar-refractivity contribution in [2.75, 3.05) is 17.2 Å². The predicted octanol–water partition coefficient (Wildman–Crippen LogP) is 4.58. The number of halogens is 2. The Morgan fingerprint density at radius 1 is 1.24 bits per heavy atom. The second-order valence-electron chi connectivity index (χ2n) is 4.66. The summed E-state index contributed by atoms with van der Waals surface area (Å²) in [6, 6.07) is 9.96. The van der Waals surface area contributed by atoms with Crippen LogP contribution in [0.3, 0.4) is 0 Å². The molecule has 1 amide bonds. The lowest BCUT2D eigenvalue weighted by molar-refractivity contribution is 0.102. The molecule has 0 bridgehead atoms. The largest absolute Gasteiger partial charge is 0.385 e. The maximum Gasteiger partial charge on any atom is 0.257 e. The number of amides is 1. The van der Waals surface area contributed by atoms with E-state index in [1.165, 1.54) is 18.2 Å². The van der Waals surface area contributed by atoms with E-state index in [0.29, 0.717) is 15.7 Å². The van der Waals surface area contributed by atoms with Crippen molar-refractivity contribution in [3.8, 4) is 0 Å². The summed E-state index contributed by atoms with van der Waals surface area (Å²) in [6.45, 7) is 4.67. The van der Waals surface area contributed by atoms with E-state index in [-0.39, 0.29) is 11.7 Å². The van der Waals surface area contributed by atoms with Crippen LogP contribution in [0.5, 0.6) is 0 Å². The van der Waals surface area contributed by atoms with Crippen molar-refractivity contribution in [1.29, 1.82) is 0 Å². The van der Waals surface area contributed by atoms with Gasteiger partial charge in [0.25, 0.3) is 5.91 Å². The second-order valence-corrected chi connectivity index (χ2v) is 5.52. The van der Waals surface area contributed by atoms with Crippen molar-refractivity contribution in [1.82, 2.24) is 0 Å². The molecule has 0 aliphatic rings. The van der Waals surface area contributed by atoms with Crippen LogP contribution in [-0.4, -0.2) is 12.5 Å². The first-order valence-electron chi connectivity index (χ1n) is 6.62. The Bertz CT molecular complexity index is 673. The van der Waals surface area contributed by atoms with Gasteiger partial charge in [-0.2, -0.15) is 0 Å². The van der Waals surface area contributed by atoms with Gasteiger partial charge in [-0.3, -0.25) is 4.79 Å². The van der Waals surface area contributed by atoms with Gasteiger partial charge < -0.3 is 10.6 Å². The molecule has 0 spiro atoms. The fourth-order valence-electron chi connectivity index (χ4n) is 1.97. The highest BCUT2D eigenvalue weighted by atomic mass is 79.9. The SMILES string of the molecule is CCNc1cc(C)ccc1C(=O)Nc1ccc(F)c(Br)c1. The molecule has 0 aromatic heterocycles. The zero-order chi connectivity index (χ0) is 15.4. The molecule has 0 fully saturated rings. The smallest absolute Gasteiger partial charge is 0.257 e. The summed E-state index contributed by atoms with van der Waals surface area (Å²) in [5.41, 5.74) is 2.96. The van der Waals surface area contributed by atoms with E-state index in [0.717, 1.165) is 17.8 Å². The summed E-state index contributed by atoms with van der Waals surface area (Å²) in [6.07, 6.45) is 0. The minimum atomic E-state index is -0.364. The first kappa shape index (κ1) is 15.5. The lowest BCUT2D eigenvalue weighted by atomic mass is 10.1. The highest BCUT2D eigenvalue weighted by Gasteiger charge is 2.12. The molecule has 0 atom stereocenters. The molecular formula is C16H16BrFN2O. The molecule has 21 heavy (non-hydrogen) atoms. The Morgan fingerprint density at radius 3 is 2.67 bits per heavy atom. The Hall–Kier alpha value is -1.88. The van der Waals surface area contributed by atoms with Crippen molar-refractivity contribution < 1.29 is 9.18 Å². The Labute approximate surface area is 131 Å². The molecule has 0 aliphatic heterocycles. The van der Waals surface area contributed by atoms with E-state index >= 15 is 0 Å². The van der Waals surface area contributed by atoms with Gasteiger partial charge in [0.05, 0.1) is 10.0 Å². The van der Waals surface area contributed by atoms with Gasteiger partial charge in [0, 0.05) is 17.9 Å². The number of rotatable bonds is 4. The van der Waals surface area contributed by atoms with E-state index in [9.17, 15) is 9.18 Å². The average molecular weight is 351 g/mol. The van der Waals surface area contributed by atoms with Crippen LogP contribution in [0.2, 0.25) is 0 Å². The minimum absolute atomic E-state index is 0.232. The first-order valence-corrected chi connectivity index (χ1v) is 7.41. The number of carbonyl (C=O) groups excluding carboxylic acids is 1. The molecule has 0 saturated carbocycles. The summed E-state index contributed by atoms with van der Waals surface area (Å²) in [5.74, 6) is -0.596. The minimum Gasteiger partial charge on any atom is -0.385 e. The zero-order valence-electron chi connectivity index (χ0n) is 11.8. The molecule has 2 rings (SSSR count). The number of anilines is 2. The molecule has 110 valence electrons. The van der Waals surface area contributed by atoms with Gasteiger partial charge in [0.1, 0.15) is 5.82 Å². The third-order valence-corrected chi connectivity index (χ3v) is 3.57. The highest BCUT2D eigenvalue weighted by Crippen LogP contribution is 2.22. The zero-order valence-corrected chi connectivity index (χ0v) is 13.4. The topological polar surface area (TPSA) is 41.1 Å². The van der Waals surface area contributed by atoms with Crippen molar-refractivity contribution in [3.63, 3.8) is 0 Å². The van der Waals surface area contributed by atoms with Crippen molar-refractivity contribution in [2.24, 2.45) is 0 Å². The summed E-state index contributed by atoms with van der Waals surface area (Å²) >= 11 is 3.10. The number of hydrogen-bond acceptors (Lipinski definition) is 2. The van der Waals surface area contributed by atoms with E-state index in [4.69, 9.17) is 0 Å². The third-order valence-electron chi connectivity index (χ3n) is 2.96. The Balaban J connectivity index is 2.25. The van der Waals surface area contributed by atoms with Crippen molar-refractivity contribution in [2.45, 2.75) is 13.8 Å². The first-order chi connectivity index (χ1) is 10.0. The quantitative estimate of drug-likeness (QED) is 0.847. The van der Waals surface area contributed by atoms with Gasteiger partial charge in [0.15, 0.2) is 0 Å². The maximum atomic E-state index is 13.2. The monoisotopic (exact) mass is 350 g/mol. The van der Waals surface area contributed by atoms with Gasteiger partial charge in [-0.05, 0) is 65.7 Å². The summed E-state index contributed by atoms with van der Waals surface area (Å²) in [5, 5.41) is 5.94. The number of carbonyl (C=O) groups is 1. The molecule has 2 aromatic rings. The van der Waals surface area contributed by atoms with Gasteiger partial charge in [-0.15, -0.1) is 0 Å². The number of aryl methyl sites for hydroxylation is 1. The van der Waals surface area contributed by atoms with Gasteiger partial charge in [0.2, 0.25) is 0 Å². The van der Waals surface area contributed by atoms with Crippen LogP contribution in [0.25, 0.3) is 0 Å². The van der Waals surface area contributed by atoms with Crippen LogP contribution < -0.4 is 10.6 Å². The van der Waals surface area contributed by atoms with Gasteiger partial charge in [-0.1, -0.05) is 6.07 Å². The molecule has 0 saturated heterocycles. The van der Waals surface area contributed by atoms with Crippen LogP contribution in [0.1, 0.15) is 22.8 Å². The lowest BCUT2D eigenvalue weighted by Gasteiger charge is -2.12. The van der Waals surface area contributed by atoms with Crippen molar-refractivity contribution in [3.05, 3.63) is 57.8 Å². The van der Waals surface area contributed by atoms with Crippen LogP contribution in [-0.2, 0) is 0 Å². The molecule has 0 heterocycles. The summed E-state index contributed by atoms with van der Waals surface area (Å²) in [7, 11) is 0. The maximum absolute atomic E-state index is 13.2. The van der Waals surface area contributed by atoms with E-state index in [2.05, 4.69) is 26.6 Å². The average Bonchev–Trinajstić information content (AvgIpc) is 2.43. The lowest BCUT2D eigenvalue weighted by Crippen LogP contribution is -2.15. The molecule has 3 nitrogen and oxygen atoms in total. The molecule has 0 unspecified atom stereocenters. The number of benzene rings is 2. The van der Waals surface area contributed by atoms with Crippen LogP contribution in [0.15, 0.2) is 40.9 Å². The van der Waals surface area contributed by atoms with E-state index in [1.807, 2.05) is 26.0 Å². The molecule has 5 heteroatoms. The van der Waals surface area contributed by atoms with Crippen LogP contribution in [0, 0.1) is 12.7 Å². The summed E-state index contributed by atoms with van der Waals surface area (Å²) in [4.78, 5) is 12.4. The molecular weight excluding hydrogens is 335 g/mol. The predicted molar refractivity (Wildman–Crippen MR) is 87.4 cm³/mol. The van der Waals surface area contributed by atoms with Crippen LogP contribution >= 0.6 is 15.9 Å². The van der Waals surface area contributed by atoms with Gasteiger partial charge in [-0.25, -0.2) is 4.39 Å². The standard InChI is InChI=1S/C16H16BrFN2O/c1-3-19-15-8-10(2)4-6-12(15)16(21)20-11-5-7-14(18)13(17)9-11/h4-9,19H,3H2,1-2H3,(H,20,21). The van der Waals surface area contributed by atoms with E-state index in [1.54, 1.807) is 6.07 Å². The highest BCUT2D eigenvalue weighted by molar-refractivity contribution is 9.10. The van der Waals surface area contributed by atoms with Crippen molar-refractivity contribution >= 4 is 33.2 Å². The number of nitrogens with one attached hydrogen (secondary N) is 2. The number of hydrogen-bond donors (Lipinski definition) is 2. The van der Waals surface area contributed by atoms with Gasteiger partial charge >= 0.3 is 0 Å². The fourth-order valence-corrected chi connectivity index (χ4v) is 2.34. The second kappa shape index (κ2) is 6.72. The fraction of sp³-hybridized carbons (Fsp3) is 0.188. The Kier molecular flexibility index (Phi) is 4.96. The molecule has 2 N–H and O–H groups in total. The van der Waals surface area contributed by atoms with E-state index < -0.39 is 0 Å². The van der Waals surface area contributed by atoms with Crippen LogP contribution in [0.4, 0.5) is 15.8 Å².